The van der Waals surface area contributed by atoms with Gasteiger partial charge in [-0.3, -0.25) is 9.69 Å². The van der Waals surface area contributed by atoms with Gasteiger partial charge >= 0.3 is 0 Å². The predicted molar refractivity (Wildman–Crippen MR) is 75.1 cm³/mol. The van der Waals surface area contributed by atoms with Crippen LogP contribution in [0.2, 0.25) is 0 Å². The summed E-state index contributed by atoms with van der Waals surface area (Å²) in [5.41, 5.74) is 0. The van der Waals surface area contributed by atoms with Crippen molar-refractivity contribution in [2.75, 3.05) is 66.6 Å². The molecule has 110 valence electrons. The zero-order valence-corrected chi connectivity index (χ0v) is 12.3. The van der Waals surface area contributed by atoms with Gasteiger partial charge in [0.15, 0.2) is 0 Å². The number of likely N-dealkylation sites (N-methyl/N-ethyl adjacent to an activating group) is 1. The summed E-state index contributed by atoms with van der Waals surface area (Å²) in [4.78, 5) is 18.2. The normalized spacial score (nSPS) is 26.2. The molecule has 0 saturated carbocycles. The van der Waals surface area contributed by atoms with E-state index in [0.717, 1.165) is 65.3 Å². The Kier molecular flexibility index (Phi) is 5.60. The van der Waals surface area contributed by atoms with Gasteiger partial charge in [-0.15, -0.1) is 0 Å². The second-order valence-electron chi connectivity index (χ2n) is 5.90. The van der Waals surface area contributed by atoms with Gasteiger partial charge in [0.25, 0.3) is 0 Å². The van der Waals surface area contributed by atoms with E-state index in [0.29, 0.717) is 11.8 Å². The lowest BCUT2D eigenvalue weighted by atomic mass is 9.97. The molecule has 0 N–H and O–H groups in total. The molecule has 19 heavy (non-hydrogen) atoms. The van der Waals surface area contributed by atoms with Crippen molar-refractivity contribution in [2.24, 2.45) is 5.92 Å². The summed E-state index contributed by atoms with van der Waals surface area (Å²) >= 11 is 0. The highest BCUT2D eigenvalue weighted by Gasteiger charge is 2.23. The van der Waals surface area contributed by atoms with E-state index in [4.69, 9.17) is 4.74 Å². The summed E-state index contributed by atoms with van der Waals surface area (Å²) in [5, 5.41) is 0. The molecule has 2 aliphatic heterocycles. The van der Waals surface area contributed by atoms with Crippen molar-refractivity contribution in [1.82, 2.24) is 14.7 Å². The maximum absolute atomic E-state index is 11.5. The van der Waals surface area contributed by atoms with E-state index < -0.39 is 0 Å². The SMILES string of the molecule is CN(CCN1CCOCC1)CC1CCC(=O)N(C)C1. The van der Waals surface area contributed by atoms with Gasteiger partial charge in [0.1, 0.15) is 0 Å². The van der Waals surface area contributed by atoms with Gasteiger partial charge in [-0.05, 0) is 19.4 Å². The number of amides is 1. The Balaban J connectivity index is 1.63. The number of carbonyl (C=O) groups is 1. The number of ether oxygens (including phenoxy) is 1. The minimum atomic E-state index is 0.298. The summed E-state index contributed by atoms with van der Waals surface area (Å²) in [6, 6.07) is 0. The maximum Gasteiger partial charge on any atom is 0.222 e. The molecule has 0 aromatic carbocycles. The maximum atomic E-state index is 11.5. The lowest BCUT2D eigenvalue weighted by molar-refractivity contribution is -0.133. The number of likely N-dealkylation sites (tertiary alicyclic amines) is 1. The molecular formula is C14H27N3O2. The highest BCUT2D eigenvalue weighted by molar-refractivity contribution is 5.76. The zero-order chi connectivity index (χ0) is 13.7. The van der Waals surface area contributed by atoms with Crippen LogP contribution in [-0.4, -0.2) is 87.2 Å². The molecule has 2 saturated heterocycles. The highest BCUT2D eigenvalue weighted by Crippen LogP contribution is 2.16. The minimum absolute atomic E-state index is 0.298. The molecule has 1 unspecified atom stereocenters. The van der Waals surface area contributed by atoms with Gasteiger partial charge in [0.2, 0.25) is 5.91 Å². The molecule has 5 heteroatoms. The van der Waals surface area contributed by atoms with Gasteiger partial charge < -0.3 is 14.5 Å². The van der Waals surface area contributed by atoms with Crippen molar-refractivity contribution < 1.29 is 9.53 Å². The fraction of sp³-hybridized carbons (Fsp3) is 0.929. The molecule has 1 amide bonds. The molecule has 0 bridgehead atoms. The van der Waals surface area contributed by atoms with Crippen molar-refractivity contribution in [1.29, 1.82) is 0 Å². The molecule has 0 aliphatic carbocycles. The predicted octanol–water partition coefficient (Wildman–Crippen LogP) is 0.119. The zero-order valence-electron chi connectivity index (χ0n) is 12.3. The number of hydrogen-bond acceptors (Lipinski definition) is 4. The average molecular weight is 269 g/mol. The number of nitrogens with zero attached hydrogens (tertiary/aromatic N) is 3. The number of piperidine rings is 1. The molecule has 2 rings (SSSR count). The summed E-state index contributed by atoms with van der Waals surface area (Å²) in [6.07, 6.45) is 1.77. The Morgan fingerprint density at radius 2 is 2.11 bits per heavy atom. The lowest BCUT2D eigenvalue weighted by Crippen LogP contribution is -2.44. The topological polar surface area (TPSA) is 36.0 Å². The molecule has 2 aliphatic rings. The molecule has 2 fully saturated rings. The van der Waals surface area contributed by atoms with Gasteiger partial charge in [-0.1, -0.05) is 0 Å². The van der Waals surface area contributed by atoms with Crippen LogP contribution < -0.4 is 0 Å². The highest BCUT2D eigenvalue weighted by atomic mass is 16.5. The number of morpholine rings is 1. The first kappa shape index (κ1) is 14.8. The Morgan fingerprint density at radius 1 is 1.37 bits per heavy atom. The van der Waals surface area contributed by atoms with Gasteiger partial charge in [-0.2, -0.15) is 0 Å². The van der Waals surface area contributed by atoms with Crippen molar-refractivity contribution in [3.05, 3.63) is 0 Å². The number of rotatable bonds is 5. The quantitative estimate of drug-likeness (QED) is 0.710. The standard InChI is InChI=1S/C14H27N3O2/c1-15(5-6-17-7-9-19-10-8-17)11-13-3-4-14(18)16(2)12-13/h13H,3-12H2,1-2H3. The summed E-state index contributed by atoms with van der Waals surface area (Å²) in [5.74, 6) is 0.935. The minimum Gasteiger partial charge on any atom is -0.379 e. The van der Waals surface area contributed by atoms with Crippen LogP contribution in [0.4, 0.5) is 0 Å². The number of carbonyl (C=O) groups excluding carboxylic acids is 1. The lowest BCUT2D eigenvalue weighted by Gasteiger charge is -2.33. The first-order valence-electron chi connectivity index (χ1n) is 7.38. The van der Waals surface area contributed by atoms with Crippen LogP contribution in [0.5, 0.6) is 0 Å². The van der Waals surface area contributed by atoms with Crippen molar-refractivity contribution in [2.45, 2.75) is 12.8 Å². The van der Waals surface area contributed by atoms with Gasteiger partial charge in [0, 0.05) is 52.7 Å². The van der Waals surface area contributed by atoms with Gasteiger partial charge in [-0.25, -0.2) is 0 Å². The molecule has 0 aromatic rings. The monoisotopic (exact) mass is 269 g/mol. The average Bonchev–Trinajstić information content (AvgIpc) is 2.42. The van der Waals surface area contributed by atoms with Crippen molar-refractivity contribution >= 4 is 5.91 Å². The molecule has 5 nitrogen and oxygen atoms in total. The Hall–Kier alpha value is -0.650. The van der Waals surface area contributed by atoms with Crippen LogP contribution in [0.1, 0.15) is 12.8 Å². The van der Waals surface area contributed by atoms with E-state index in [9.17, 15) is 4.79 Å². The second-order valence-corrected chi connectivity index (χ2v) is 5.90. The summed E-state index contributed by atoms with van der Waals surface area (Å²) in [7, 11) is 4.11. The summed E-state index contributed by atoms with van der Waals surface area (Å²) in [6.45, 7) is 8.12. The van der Waals surface area contributed by atoms with Crippen LogP contribution in [0, 0.1) is 5.92 Å². The van der Waals surface area contributed by atoms with Gasteiger partial charge in [0.05, 0.1) is 13.2 Å². The Bertz CT molecular complexity index is 292. The second kappa shape index (κ2) is 7.22. The van der Waals surface area contributed by atoms with Crippen LogP contribution in [0.25, 0.3) is 0 Å². The third-order valence-electron chi connectivity index (χ3n) is 4.20. The first-order valence-corrected chi connectivity index (χ1v) is 7.38. The van der Waals surface area contributed by atoms with Crippen molar-refractivity contribution in [3.63, 3.8) is 0 Å². The van der Waals surface area contributed by atoms with E-state index in [1.54, 1.807) is 0 Å². The van der Waals surface area contributed by atoms with Crippen LogP contribution in [0.15, 0.2) is 0 Å². The van der Waals surface area contributed by atoms with E-state index in [1.807, 2.05) is 11.9 Å². The molecule has 0 spiro atoms. The third kappa shape index (κ3) is 4.75. The third-order valence-corrected chi connectivity index (χ3v) is 4.20. The van der Waals surface area contributed by atoms with E-state index >= 15 is 0 Å². The summed E-state index contributed by atoms with van der Waals surface area (Å²) < 4.78 is 5.36. The Labute approximate surface area is 116 Å². The number of hydrogen-bond donors (Lipinski definition) is 0. The molecule has 0 radical (unpaired) electrons. The van der Waals surface area contributed by atoms with Crippen LogP contribution >= 0.6 is 0 Å². The van der Waals surface area contributed by atoms with E-state index in [1.165, 1.54) is 0 Å². The fourth-order valence-corrected chi connectivity index (χ4v) is 2.92. The molecule has 2 heterocycles. The van der Waals surface area contributed by atoms with Crippen LogP contribution in [-0.2, 0) is 9.53 Å². The Morgan fingerprint density at radius 3 is 2.79 bits per heavy atom. The largest absolute Gasteiger partial charge is 0.379 e. The fourth-order valence-electron chi connectivity index (χ4n) is 2.92. The van der Waals surface area contributed by atoms with Crippen LogP contribution in [0.3, 0.4) is 0 Å². The van der Waals surface area contributed by atoms with E-state index in [2.05, 4.69) is 16.8 Å². The van der Waals surface area contributed by atoms with Crippen molar-refractivity contribution in [3.8, 4) is 0 Å². The molecular weight excluding hydrogens is 242 g/mol. The van der Waals surface area contributed by atoms with E-state index in [-0.39, 0.29) is 0 Å². The first-order chi connectivity index (χ1) is 9.15. The molecule has 1 atom stereocenters. The molecule has 0 aromatic heterocycles. The smallest absolute Gasteiger partial charge is 0.222 e.